The van der Waals surface area contributed by atoms with Gasteiger partial charge in [0.1, 0.15) is 39.3 Å². The summed E-state index contributed by atoms with van der Waals surface area (Å²) in [4.78, 5) is 7.42. The number of rotatable bonds is 3. The summed E-state index contributed by atoms with van der Waals surface area (Å²) in [6.07, 6.45) is 1.01. The van der Waals surface area contributed by atoms with Crippen LogP contribution in [-0.2, 0) is 25.0 Å². The van der Waals surface area contributed by atoms with E-state index >= 15 is 0 Å². The summed E-state index contributed by atoms with van der Waals surface area (Å²) in [5.74, 6) is -0.397. The highest BCUT2D eigenvalue weighted by Crippen LogP contribution is 2.47. The quantitative estimate of drug-likeness (QED) is 0.0975. The molecule has 0 amide bonds. The molecule has 0 radical (unpaired) electrons. The third kappa shape index (κ3) is 13.5. The highest BCUT2D eigenvalue weighted by atomic mass is 127. The molecule has 108 heavy (non-hydrogen) atoms. The van der Waals surface area contributed by atoms with Crippen molar-refractivity contribution in [3.8, 4) is 28.6 Å². The molecule has 1 aliphatic carbocycles. The fourth-order valence-electron chi connectivity index (χ4n) is 14.9. The first-order chi connectivity index (χ1) is 51.0. The Bertz CT molecular complexity index is 6520. The first-order valence-corrected chi connectivity index (χ1v) is 36.6. The van der Waals surface area contributed by atoms with Crippen LogP contribution in [0, 0.1) is 30.3 Å². The monoisotopic (exact) mass is 1770 g/mol. The van der Waals surface area contributed by atoms with Crippen molar-refractivity contribution < 1.29 is 36.3 Å². The largest absolute Gasteiger partial charge is 0.493 e. The van der Waals surface area contributed by atoms with Gasteiger partial charge in [-0.3, -0.25) is 0 Å². The molecular formula is C89H70B2Br2FI2N5O7. The SMILES string of the molecule is CB1OC(C)(C)C(C)(C)O1.I.I.N#Cc1cc(F)cc(Br)c1.[C-]#[N+]c1cc(B2OC(C)(C)C(C)(C)O2)cc(-n2c3ccccc3c3c4oc5ccccc5c4ccc32)c1.[C-]#[N+]c1cc(Br)cc(-n2c3ccccc3c3c4oc5ccccc5c4ccc32)c1.c1ccc2c(c1)Cc1ccc3c(oc4ccccc43)c1-2. The molecule has 0 bridgehead atoms. The molecule has 7 heterocycles. The van der Waals surface area contributed by atoms with E-state index in [0.29, 0.717) is 21.4 Å². The average molecular weight is 1780 g/mol. The van der Waals surface area contributed by atoms with Crippen LogP contribution in [0.3, 0.4) is 0 Å². The number of furan rings is 3. The smallest absolute Gasteiger partial charge is 0.455 e. The molecule has 12 nitrogen and oxygen atoms in total. The highest BCUT2D eigenvalue weighted by Gasteiger charge is 2.52. The number of benzene rings is 12. The van der Waals surface area contributed by atoms with Gasteiger partial charge in [-0.05, 0) is 194 Å². The molecule has 0 spiro atoms. The Morgan fingerprint density at radius 2 is 0.861 bits per heavy atom. The second-order valence-electron chi connectivity index (χ2n) is 28.8. The van der Waals surface area contributed by atoms with Crippen LogP contribution in [0.1, 0.15) is 72.1 Å². The van der Waals surface area contributed by atoms with Gasteiger partial charge in [-0.25, -0.2) is 14.1 Å². The van der Waals surface area contributed by atoms with Gasteiger partial charge in [0.05, 0.1) is 80.0 Å². The number of hydrogen-bond donors (Lipinski definition) is 0. The third-order valence-electron chi connectivity index (χ3n) is 21.1. The van der Waals surface area contributed by atoms with E-state index in [1.165, 1.54) is 45.2 Å². The van der Waals surface area contributed by atoms with Crippen LogP contribution >= 0.6 is 79.8 Å². The normalized spacial score (nSPS) is 14.8. The van der Waals surface area contributed by atoms with Gasteiger partial charge < -0.3 is 41.0 Å². The molecule has 0 unspecified atom stereocenters. The zero-order valence-corrected chi connectivity index (χ0v) is 68.3. The Morgan fingerprint density at radius 3 is 1.35 bits per heavy atom. The van der Waals surface area contributed by atoms with Crippen molar-refractivity contribution in [1.82, 2.24) is 9.13 Å². The molecule has 0 N–H and O–H groups in total. The average Bonchev–Trinajstić information content (AvgIpc) is 1.57. The van der Waals surface area contributed by atoms with E-state index in [2.05, 4.69) is 206 Å². The second kappa shape index (κ2) is 29.4. The third-order valence-corrected chi connectivity index (χ3v) is 22.0. The summed E-state index contributed by atoms with van der Waals surface area (Å²) in [5, 5.41) is 19.6. The van der Waals surface area contributed by atoms with Gasteiger partial charge in [0.25, 0.3) is 0 Å². The van der Waals surface area contributed by atoms with E-state index in [1.54, 1.807) is 6.07 Å². The summed E-state index contributed by atoms with van der Waals surface area (Å²) in [6.45, 7) is 33.5. The minimum atomic E-state index is -0.555. The molecule has 12 aromatic carbocycles. The molecule has 5 aromatic heterocycles. The van der Waals surface area contributed by atoms with Gasteiger partial charge in [-0.15, -0.1) is 48.0 Å². The molecule has 3 aliphatic rings. The van der Waals surface area contributed by atoms with E-state index in [1.807, 2.05) is 132 Å². The number of nitrogens with zero attached hydrogens (tertiary/aromatic N) is 5. The minimum Gasteiger partial charge on any atom is -0.455 e. The van der Waals surface area contributed by atoms with Crippen LogP contribution in [-0.4, -0.2) is 45.8 Å². The van der Waals surface area contributed by atoms with Crippen molar-refractivity contribution in [2.45, 2.75) is 91.0 Å². The highest BCUT2D eigenvalue weighted by molar-refractivity contribution is 14.0. The molecule has 20 rings (SSSR count). The Hall–Kier alpha value is -9.57. The van der Waals surface area contributed by atoms with Crippen molar-refractivity contribution in [2.24, 2.45) is 0 Å². The van der Waals surface area contributed by atoms with E-state index in [4.69, 9.17) is 50.3 Å². The fraction of sp³-hybridized carbons (Fsp3) is 0.157. The van der Waals surface area contributed by atoms with Crippen LogP contribution < -0.4 is 5.46 Å². The Kier molecular flexibility index (Phi) is 20.5. The first kappa shape index (κ1) is 75.3. The number of para-hydroxylation sites is 5. The van der Waals surface area contributed by atoms with Crippen LogP contribution in [0.5, 0.6) is 0 Å². The van der Waals surface area contributed by atoms with Crippen LogP contribution in [0.25, 0.3) is 142 Å². The van der Waals surface area contributed by atoms with Crippen molar-refractivity contribution in [1.29, 1.82) is 5.26 Å². The van der Waals surface area contributed by atoms with Gasteiger partial charge in [-0.2, -0.15) is 5.26 Å². The Morgan fingerprint density at radius 1 is 0.435 bits per heavy atom. The maximum absolute atomic E-state index is 12.4. The molecular weight excluding hydrogens is 1710 g/mol. The summed E-state index contributed by atoms with van der Waals surface area (Å²) in [5.41, 5.74) is 18.0. The van der Waals surface area contributed by atoms with E-state index in [-0.39, 0.29) is 66.3 Å². The summed E-state index contributed by atoms with van der Waals surface area (Å²) >= 11 is 6.62. The standard InChI is InChI=1S/C31H25BN2O3.C25H13BrN2O.C19H12O.C7H15BO2.C7H3BrFN.2HI/c1-30(2)31(3,4)37-32(36-30)19-16-20(33-5)18-21(17-19)34-25-12-8-6-11-24(25)28-26(34)15-14-23-22-10-7-9-13-27(22)35-29(23)28;1-27-16-12-15(26)13-17(14-16)28-21-8-4-2-7-20(21)24-22(28)11-10-19-18-6-3-5-9-23(18)29-25(19)24;1-2-6-14-12(5-1)11-13-9-10-16-15-7-3-4-8-17(15)20-19(16)18(13)14;1-6(2)7(3,4)10-8(5)9-6;8-6-1-5(4-10)2-7(9)3-6;;/h6-18H,1-4H3;2-14H;1-10H,11H2;1-5H3;1-3H;2*1H. The zero-order valence-electron chi connectivity index (χ0n) is 60.4. The topological polar surface area (TPSA) is 119 Å². The van der Waals surface area contributed by atoms with E-state index in [9.17, 15) is 4.39 Å². The fourth-order valence-corrected chi connectivity index (χ4v) is 15.8. The number of hydrogen-bond acceptors (Lipinski definition) is 8. The predicted octanol–water partition coefficient (Wildman–Crippen LogP) is 26.1. The number of fused-ring (bicyclic) bond motifs is 21. The summed E-state index contributed by atoms with van der Waals surface area (Å²) in [6, 6.07) is 80.5. The van der Waals surface area contributed by atoms with Crippen molar-refractivity contribution >= 4 is 220 Å². The molecule has 534 valence electrons. The molecule has 17 aromatic rings. The summed E-state index contributed by atoms with van der Waals surface area (Å²) < 4.78 is 61.0. The molecule has 2 aliphatic heterocycles. The number of halogens is 5. The van der Waals surface area contributed by atoms with Gasteiger partial charge in [0.15, 0.2) is 11.4 Å². The maximum atomic E-state index is 12.4. The summed E-state index contributed by atoms with van der Waals surface area (Å²) in [7, 11) is -0.620. The van der Waals surface area contributed by atoms with Gasteiger partial charge >= 0.3 is 14.2 Å². The number of aromatic nitrogens is 2. The Labute approximate surface area is 675 Å². The van der Waals surface area contributed by atoms with Gasteiger partial charge in [-0.1, -0.05) is 165 Å². The van der Waals surface area contributed by atoms with Crippen LogP contribution in [0.2, 0.25) is 6.82 Å². The lowest BCUT2D eigenvalue weighted by atomic mass is 9.78. The van der Waals surface area contributed by atoms with Gasteiger partial charge in [0, 0.05) is 69.0 Å². The van der Waals surface area contributed by atoms with Crippen LogP contribution in [0.4, 0.5) is 15.8 Å². The van der Waals surface area contributed by atoms with E-state index in [0.717, 1.165) is 126 Å². The van der Waals surface area contributed by atoms with E-state index < -0.39 is 24.1 Å². The predicted molar refractivity (Wildman–Crippen MR) is 466 cm³/mol. The van der Waals surface area contributed by atoms with Crippen molar-refractivity contribution in [2.75, 3.05) is 0 Å². The molecule has 19 heteroatoms. The second-order valence-corrected chi connectivity index (χ2v) is 30.7. The lowest BCUT2D eigenvalue weighted by Crippen LogP contribution is -2.41. The number of nitriles is 1. The van der Waals surface area contributed by atoms with Crippen molar-refractivity contribution in [3.05, 3.63) is 291 Å². The first-order valence-electron chi connectivity index (χ1n) is 35.0. The zero-order chi connectivity index (χ0) is 73.7. The lowest BCUT2D eigenvalue weighted by molar-refractivity contribution is 0.00578. The van der Waals surface area contributed by atoms with Crippen molar-refractivity contribution in [3.63, 3.8) is 0 Å². The molecule has 0 saturated carbocycles. The minimum absolute atomic E-state index is 0. The van der Waals surface area contributed by atoms with Gasteiger partial charge in [0.2, 0.25) is 0 Å². The van der Waals surface area contributed by atoms with Crippen LogP contribution in [0.15, 0.2) is 259 Å². The molecule has 0 atom stereocenters. The molecule has 2 saturated heterocycles. The molecule has 2 fully saturated rings. The lowest BCUT2D eigenvalue weighted by Gasteiger charge is -2.32. The maximum Gasteiger partial charge on any atom is 0.493 e. The Balaban J connectivity index is 0.000000122.